The van der Waals surface area contributed by atoms with Gasteiger partial charge >= 0.3 is 0 Å². The summed E-state index contributed by atoms with van der Waals surface area (Å²) in [4.78, 5) is 33.9. The maximum atomic E-state index is 13.1. The molecule has 1 aliphatic heterocycles. The van der Waals surface area contributed by atoms with Crippen LogP contribution in [-0.4, -0.2) is 70.6 Å². The average molecular weight is 482 g/mol. The zero-order valence-corrected chi connectivity index (χ0v) is 19.6. The van der Waals surface area contributed by atoms with Gasteiger partial charge < -0.3 is 19.6 Å². The average Bonchev–Trinajstić information content (AvgIpc) is 2.76. The molecule has 0 bridgehead atoms. The molecule has 1 aromatic heterocycles. The summed E-state index contributed by atoms with van der Waals surface area (Å²) in [6, 6.07) is 1.37. The van der Waals surface area contributed by atoms with Crippen LogP contribution in [0.3, 0.4) is 0 Å². The quantitative estimate of drug-likeness (QED) is 0.698. The first-order valence-corrected chi connectivity index (χ1v) is 11.6. The third kappa shape index (κ3) is 5.14. The molecule has 0 unspecified atom stereocenters. The molecule has 1 aromatic rings. The molecule has 7 nitrogen and oxygen atoms in total. The Kier molecular flexibility index (Phi) is 7.74. The van der Waals surface area contributed by atoms with E-state index < -0.39 is 0 Å². The van der Waals surface area contributed by atoms with E-state index in [0.717, 1.165) is 25.7 Å². The molecule has 8 heteroatoms. The summed E-state index contributed by atoms with van der Waals surface area (Å²) < 4.78 is 6.89. The van der Waals surface area contributed by atoms with E-state index in [2.05, 4.69) is 20.9 Å². The lowest BCUT2D eigenvalue weighted by molar-refractivity contribution is -0.136. The Labute approximate surface area is 186 Å². The highest BCUT2D eigenvalue weighted by Crippen LogP contribution is 2.29. The Morgan fingerprint density at radius 3 is 2.77 bits per heavy atom. The van der Waals surface area contributed by atoms with Gasteiger partial charge in [0.1, 0.15) is 11.7 Å². The van der Waals surface area contributed by atoms with Crippen LogP contribution in [0, 0.1) is 11.8 Å². The molecule has 3 rings (SSSR count). The van der Waals surface area contributed by atoms with Crippen molar-refractivity contribution in [2.24, 2.45) is 11.8 Å². The number of aliphatic hydroxyl groups excluding tert-OH is 1. The van der Waals surface area contributed by atoms with Crippen LogP contribution in [0.2, 0.25) is 0 Å². The van der Waals surface area contributed by atoms with E-state index in [1.165, 1.54) is 6.42 Å². The fourth-order valence-electron chi connectivity index (χ4n) is 4.32. The smallest absolute Gasteiger partial charge is 0.259 e. The third-order valence-corrected chi connectivity index (χ3v) is 6.71. The molecule has 1 aliphatic carbocycles. The van der Waals surface area contributed by atoms with E-state index in [0.29, 0.717) is 23.1 Å². The zero-order valence-electron chi connectivity index (χ0n) is 18.0. The number of carbonyl (C=O) groups is 2. The van der Waals surface area contributed by atoms with Gasteiger partial charge in [-0.1, -0.05) is 26.2 Å². The fourth-order valence-corrected chi connectivity index (χ4v) is 4.65. The Morgan fingerprint density at radius 1 is 1.40 bits per heavy atom. The van der Waals surface area contributed by atoms with Crippen molar-refractivity contribution < 1.29 is 19.4 Å². The number of likely N-dealkylation sites (N-methyl/N-ethyl adjacent to an activating group) is 1. The molecule has 3 atom stereocenters. The monoisotopic (exact) mass is 481 g/mol. The largest absolute Gasteiger partial charge is 0.472 e. The number of nitrogens with zero attached hydrogens (tertiary/aromatic N) is 3. The highest BCUT2D eigenvalue weighted by molar-refractivity contribution is 9.10. The van der Waals surface area contributed by atoms with Gasteiger partial charge in [-0.25, -0.2) is 4.98 Å². The van der Waals surface area contributed by atoms with E-state index in [-0.39, 0.29) is 48.3 Å². The minimum atomic E-state index is -0.327. The minimum absolute atomic E-state index is 0.0387. The fraction of sp³-hybridized carbons (Fsp3) is 0.682. The van der Waals surface area contributed by atoms with Gasteiger partial charge in [0.2, 0.25) is 11.8 Å². The van der Waals surface area contributed by atoms with Crippen molar-refractivity contribution >= 4 is 27.7 Å². The molecule has 1 fully saturated rings. The number of aliphatic hydroxyl groups is 1. The van der Waals surface area contributed by atoms with E-state index in [1.54, 1.807) is 22.1 Å². The summed E-state index contributed by atoms with van der Waals surface area (Å²) in [5.41, 5.74) is 0.364. The molecule has 1 N–H and O–H groups in total. The third-order valence-electron chi connectivity index (χ3n) is 6.27. The van der Waals surface area contributed by atoms with E-state index in [9.17, 15) is 14.7 Å². The lowest BCUT2D eigenvalue weighted by Crippen LogP contribution is -2.51. The second-order valence-electron chi connectivity index (χ2n) is 8.68. The molecular formula is C22H32BrN3O4. The lowest BCUT2D eigenvalue weighted by atomic mass is 9.88. The first kappa shape index (κ1) is 23.0. The van der Waals surface area contributed by atoms with Crippen molar-refractivity contribution in [2.75, 3.05) is 26.7 Å². The number of amides is 2. The Morgan fingerprint density at radius 2 is 2.10 bits per heavy atom. The Balaban J connectivity index is 1.84. The van der Waals surface area contributed by atoms with Crippen LogP contribution in [0.1, 0.15) is 56.3 Å². The first-order chi connectivity index (χ1) is 14.3. The Bertz CT molecular complexity index is 769. The molecule has 2 amide bonds. The van der Waals surface area contributed by atoms with Gasteiger partial charge in [-0.2, -0.15) is 0 Å². The van der Waals surface area contributed by atoms with E-state index in [1.807, 2.05) is 20.9 Å². The maximum Gasteiger partial charge on any atom is 0.259 e. The molecule has 166 valence electrons. The number of rotatable bonds is 5. The van der Waals surface area contributed by atoms with Gasteiger partial charge in [0.25, 0.3) is 5.91 Å². The number of aromatic nitrogens is 1. The zero-order chi connectivity index (χ0) is 21.8. The molecule has 2 heterocycles. The number of hydrogen-bond donors (Lipinski definition) is 1. The summed E-state index contributed by atoms with van der Waals surface area (Å²) in [5, 5.41) is 9.68. The van der Waals surface area contributed by atoms with Crippen LogP contribution in [0.4, 0.5) is 0 Å². The van der Waals surface area contributed by atoms with Crippen LogP contribution in [-0.2, 0) is 4.79 Å². The molecule has 1 saturated carbocycles. The van der Waals surface area contributed by atoms with E-state index >= 15 is 0 Å². The lowest BCUT2D eigenvalue weighted by Gasteiger charge is -2.38. The minimum Gasteiger partial charge on any atom is -0.472 e. The van der Waals surface area contributed by atoms with Gasteiger partial charge in [-0.3, -0.25) is 9.59 Å². The Hall–Kier alpha value is -1.67. The van der Waals surface area contributed by atoms with Crippen LogP contribution in [0.5, 0.6) is 5.88 Å². The van der Waals surface area contributed by atoms with Gasteiger partial charge in [-0.15, -0.1) is 0 Å². The van der Waals surface area contributed by atoms with Crippen molar-refractivity contribution in [1.82, 2.24) is 14.8 Å². The summed E-state index contributed by atoms with van der Waals surface area (Å²) in [5.74, 6) is 0.295. The number of hydrogen-bond acceptors (Lipinski definition) is 5. The number of fused-ring (bicyclic) bond motifs is 1. The van der Waals surface area contributed by atoms with Crippen LogP contribution >= 0.6 is 15.9 Å². The van der Waals surface area contributed by atoms with Crippen molar-refractivity contribution in [3.63, 3.8) is 0 Å². The summed E-state index contributed by atoms with van der Waals surface area (Å²) >= 11 is 3.38. The van der Waals surface area contributed by atoms with Crippen molar-refractivity contribution in [3.8, 4) is 5.88 Å². The highest BCUT2D eigenvalue weighted by Gasteiger charge is 2.35. The van der Waals surface area contributed by atoms with Crippen LogP contribution < -0.4 is 4.74 Å². The second kappa shape index (κ2) is 10.1. The van der Waals surface area contributed by atoms with Gasteiger partial charge in [-0.05, 0) is 41.8 Å². The molecule has 2 aliphatic rings. The highest BCUT2D eigenvalue weighted by atomic mass is 79.9. The molecule has 0 radical (unpaired) electrons. The van der Waals surface area contributed by atoms with Crippen LogP contribution in [0.25, 0.3) is 0 Å². The van der Waals surface area contributed by atoms with Crippen LogP contribution in [0.15, 0.2) is 16.7 Å². The topological polar surface area (TPSA) is 83.0 Å². The number of halogens is 1. The number of ether oxygens (including phenoxy) is 1. The summed E-state index contributed by atoms with van der Waals surface area (Å²) in [6.45, 7) is 4.58. The van der Waals surface area contributed by atoms with Crippen molar-refractivity contribution in [3.05, 3.63) is 22.3 Å². The molecule has 0 saturated heterocycles. The predicted molar refractivity (Wildman–Crippen MR) is 117 cm³/mol. The molecule has 0 spiro atoms. The number of pyridine rings is 1. The predicted octanol–water partition coefficient (Wildman–Crippen LogP) is 3.10. The van der Waals surface area contributed by atoms with Crippen molar-refractivity contribution in [1.29, 1.82) is 0 Å². The normalized spacial score (nSPS) is 23.8. The molecule has 30 heavy (non-hydrogen) atoms. The molecular weight excluding hydrogens is 450 g/mol. The van der Waals surface area contributed by atoms with Gasteiger partial charge in [0.05, 0.1) is 19.2 Å². The summed E-state index contributed by atoms with van der Waals surface area (Å²) in [6.07, 6.45) is 6.65. The first-order valence-electron chi connectivity index (χ1n) is 10.8. The van der Waals surface area contributed by atoms with Crippen molar-refractivity contribution in [2.45, 2.75) is 58.1 Å². The standard InChI is InChI=1S/C22H32BrN3O4/c1-14-11-26(15(2)13-27)22(29)18-9-17(23)10-24-20(18)30-19(14)12-25(3)21(28)16-7-5-4-6-8-16/h9-10,14-16,19,27H,4-8,11-13H2,1-3H3/t14-,15+,19+/m0/s1. The maximum absolute atomic E-state index is 13.1. The van der Waals surface area contributed by atoms with Gasteiger partial charge in [0.15, 0.2) is 0 Å². The molecule has 0 aromatic carbocycles. The SMILES string of the molecule is C[C@H](CO)N1C[C@H](C)[C@@H](CN(C)C(=O)C2CCCCC2)Oc2ncc(Br)cc2C1=O. The number of carbonyl (C=O) groups excluding carboxylic acids is 2. The second-order valence-corrected chi connectivity index (χ2v) is 9.60. The van der Waals surface area contributed by atoms with E-state index in [4.69, 9.17) is 4.74 Å². The summed E-state index contributed by atoms with van der Waals surface area (Å²) in [7, 11) is 1.83. The van der Waals surface area contributed by atoms with Gasteiger partial charge in [0, 0.05) is 36.1 Å².